The molecule has 86 valence electrons. The van der Waals surface area contributed by atoms with Crippen molar-refractivity contribution in [2.75, 3.05) is 0 Å². The van der Waals surface area contributed by atoms with Crippen LogP contribution in [0.1, 0.15) is 25.3 Å². The highest BCUT2D eigenvalue weighted by atomic mass is 16.6. The molecule has 0 radical (unpaired) electrons. The zero-order valence-electron chi connectivity index (χ0n) is 9.18. The molecule has 0 spiro atoms. The van der Waals surface area contributed by atoms with E-state index in [1.165, 1.54) is 12.1 Å². The van der Waals surface area contributed by atoms with Crippen LogP contribution in [0, 0.1) is 15.5 Å². The highest BCUT2D eigenvalue weighted by molar-refractivity contribution is 5.50. The van der Waals surface area contributed by atoms with Gasteiger partial charge in [-0.2, -0.15) is 0 Å². The van der Waals surface area contributed by atoms with E-state index in [-0.39, 0.29) is 28.8 Å². The molecule has 0 heterocycles. The van der Waals surface area contributed by atoms with E-state index >= 15 is 0 Å². The van der Waals surface area contributed by atoms with E-state index in [0.29, 0.717) is 0 Å². The van der Waals surface area contributed by atoms with Crippen molar-refractivity contribution in [3.05, 3.63) is 33.9 Å². The fraction of sp³-hybridized carbons (Fsp3) is 0.455. The van der Waals surface area contributed by atoms with E-state index in [2.05, 4.69) is 0 Å². The Labute approximate surface area is 93.0 Å². The largest absolute Gasteiger partial charge is 0.502 e. The molecule has 2 atom stereocenters. The van der Waals surface area contributed by atoms with Gasteiger partial charge in [-0.15, -0.1) is 0 Å². The second-order valence-corrected chi connectivity index (χ2v) is 4.83. The Hall–Kier alpha value is -1.62. The van der Waals surface area contributed by atoms with E-state index in [4.69, 9.17) is 5.73 Å². The molecule has 2 unspecified atom stereocenters. The topological polar surface area (TPSA) is 89.4 Å². The summed E-state index contributed by atoms with van der Waals surface area (Å²) in [6, 6.07) is 4.49. The van der Waals surface area contributed by atoms with Crippen LogP contribution < -0.4 is 5.73 Å². The second-order valence-electron chi connectivity index (χ2n) is 4.83. The normalized spacial score (nSPS) is 26.4. The average molecular weight is 222 g/mol. The van der Waals surface area contributed by atoms with Gasteiger partial charge in [0, 0.05) is 18.0 Å². The van der Waals surface area contributed by atoms with Crippen molar-refractivity contribution in [1.29, 1.82) is 0 Å². The first-order chi connectivity index (χ1) is 7.35. The van der Waals surface area contributed by atoms with Crippen molar-refractivity contribution in [1.82, 2.24) is 0 Å². The van der Waals surface area contributed by atoms with Crippen molar-refractivity contribution >= 4 is 5.69 Å². The molecule has 0 amide bonds. The van der Waals surface area contributed by atoms with E-state index in [9.17, 15) is 15.2 Å². The van der Waals surface area contributed by atoms with Crippen molar-refractivity contribution in [2.45, 2.75) is 25.8 Å². The number of hydrogen-bond acceptors (Lipinski definition) is 4. The number of rotatable bonds is 2. The molecule has 1 fully saturated rings. The Morgan fingerprint density at radius 2 is 2.06 bits per heavy atom. The predicted octanol–water partition coefficient (Wildman–Crippen LogP) is 1.75. The molecule has 5 heteroatoms. The number of benzene rings is 1. The van der Waals surface area contributed by atoms with Crippen molar-refractivity contribution < 1.29 is 10.0 Å². The van der Waals surface area contributed by atoms with Gasteiger partial charge in [0.2, 0.25) is 0 Å². The highest BCUT2D eigenvalue weighted by Crippen LogP contribution is 2.57. The minimum Gasteiger partial charge on any atom is -0.502 e. The van der Waals surface area contributed by atoms with Crippen LogP contribution in [-0.4, -0.2) is 16.1 Å². The lowest BCUT2D eigenvalue weighted by atomic mass is 10.0. The number of nitrogens with zero attached hydrogens (tertiary/aromatic N) is 1. The summed E-state index contributed by atoms with van der Waals surface area (Å²) in [4.78, 5) is 10.1. The van der Waals surface area contributed by atoms with E-state index in [1.54, 1.807) is 6.07 Å². The summed E-state index contributed by atoms with van der Waals surface area (Å²) in [5.74, 6) is -0.174. The van der Waals surface area contributed by atoms with Crippen LogP contribution in [0.3, 0.4) is 0 Å². The van der Waals surface area contributed by atoms with Gasteiger partial charge in [-0.1, -0.05) is 19.9 Å². The molecular weight excluding hydrogens is 208 g/mol. The van der Waals surface area contributed by atoms with Crippen molar-refractivity contribution in [3.8, 4) is 5.75 Å². The maximum atomic E-state index is 10.7. The zero-order valence-corrected chi connectivity index (χ0v) is 9.18. The number of nitrogens with two attached hydrogens (primary N) is 1. The molecule has 3 N–H and O–H groups in total. The molecule has 0 saturated heterocycles. The Balaban J connectivity index is 2.39. The third-order valence-electron chi connectivity index (χ3n) is 3.47. The van der Waals surface area contributed by atoms with Gasteiger partial charge in [0.1, 0.15) is 0 Å². The summed E-state index contributed by atoms with van der Waals surface area (Å²) in [5, 5.41) is 20.0. The zero-order chi connectivity index (χ0) is 12.1. The fourth-order valence-corrected chi connectivity index (χ4v) is 2.19. The lowest BCUT2D eigenvalue weighted by molar-refractivity contribution is -0.385. The van der Waals surface area contributed by atoms with Crippen LogP contribution >= 0.6 is 0 Å². The number of phenolic OH excluding ortho intramolecular Hbond substituents is 1. The van der Waals surface area contributed by atoms with E-state index in [1.807, 2.05) is 13.8 Å². The summed E-state index contributed by atoms with van der Waals surface area (Å²) in [6.07, 6.45) is 0. The van der Waals surface area contributed by atoms with E-state index in [0.717, 1.165) is 5.56 Å². The van der Waals surface area contributed by atoms with Gasteiger partial charge in [0.15, 0.2) is 5.75 Å². The van der Waals surface area contributed by atoms with E-state index < -0.39 is 4.92 Å². The average Bonchev–Trinajstić information content (AvgIpc) is 2.67. The van der Waals surface area contributed by atoms with Crippen LogP contribution in [0.2, 0.25) is 0 Å². The second kappa shape index (κ2) is 3.18. The lowest BCUT2D eigenvalue weighted by Gasteiger charge is -2.03. The first kappa shape index (κ1) is 10.9. The minimum absolute atomic E-state index is 0.0230. The smallest absolute Gasteiger partial charge is 0.310 e. The van der Waals surface area contributed by atoms with Gasteiger partial charge >= 0.3 is 5.69 Å². The first-order valence-corrected chi connectivity index (χ1v) is 5.08. The summed E-state index contributed by atoms with van der Waals surface area (Å²) in [7, 11) is 0. The fourth-order valence-electron chi connectivity index (χ4n) is 2.19. The number of aromatic hydroxyl groups is 1. The standard InChI is InChI=1S/C11H14N2O3/c1-11(2)9(10(11)12)6-3-4-8(14)7(5-6)13(15)16/h3-5,9-10,14H,12H2,1-2H3. The van der Waals surface area contributed by atoms with Crippen LogP contribution in [-0.2, 0) is 0 Å². The third kappa shape index (κ3) is 1.44. The number of hydrogen-bond donors (Lipinski definition) is 2. The van der Waals surface area contributed by atoms with Crippen molar-refractivity contribution in [3.63, 3.8) is 0 Å². The summed E-state index contributed by atoms with van der Waals surface area (Å²) in [5.41, 5.74) is 6.45. The van der Waals surface area contributed by atoms with Gasteiger partial charge < -0.3 is 10.8 Å². The number of nitro benzene ring substituents is 1. The molecule has 0 aliphatic heterocycles. The van der Waals surface area contributed by atoms with Crippen LogP contribution in [0.4, 0.5) is 5.69 Å². The maximum absolute atomic E-state index is 10.7. The molecule has 16 heavy (non-hydrogen) atoms. The van der Waals surface area contributed by atoms with Gasteiger partial charge in [-0.25, -0.2) is 0 Å². The Bertz CT molecular complexity index is 457. The van der Waals surface area contributed by atoms with Crippen molar-refractivity contribution in [2.24, 2.45) is 11.1 Å². The quantitative estimate of drug-likeness (QED) is 0.589. The molecule has 0 aromatic heterocycles. The molecule has 2 rings (SSSR count). The monoisotopic (exact) mass is 222 g/mol. The molecule has 1 aliphatic carbocycles. The first-order valence-electron chi connectivity index (χ1n) is 5.08. The molecule has 5 nitrogen and oxygen atoms in total. The highest BCUT2D eigenvalue weighted by Gasteiger charge is 2.56. The van der Waals surface area contributed by atoms with Gasteiger partial charge in [-0.05, 0) is 17.0 Å². The van der Waals surface area contributed by atoms with Gasteiger partial charge in [-0.3, -0.25) is 10.1 Å². The van der Waals surface area contributed by atoms with Crippen LogP contribution in [0.25, 0.3) is 0 Å². The summed E-state index contributed by atoms with van der Waals surface area (Å²) < 4.78 is 0. The molecule has 1 aromatic rings. The Kier molecular flexibility index (Phi) is 2.17. The molecule has 1 aromatic carbocycles. The third-order valence-corrected chi connectivity index (χ3v) is 3.47. The lowest BCUT2D eigenvalue weighted by Crippen LogP contribution is -2.06. The van der Waals surface area contributed by atoms with Crippen LogP contribution in [0.15, 0.2) is 18.2 Å². The Morgan fingerprint density at radius 1 is 1.50 bits per heavy atom. The summed E-state index contributed by atoms with van der Waals surface area (Å²) >= 11 is 0. The SMILES string of the molecule is CC1(C)C(N)C1c1ccc(O)c([N+](=O)[O-])c1. The molecule has 0 bridgehead atoms. The molecular formula is C11H14N2O3. The van der Waals surface area contributed by atoms with Gasteiger partial charge in [0.25, 0.3) is 0 Å². The van der Waals surface area contributed by atoms with Gasteiger partial charge in [0.05, 0.1) is 4.92 Å². The molecule has 1 aliphatic rings. The number of phenols is 1. The van der Waals surface area contributed by atoms with Crippen LogP contribution in [0.5, 0.6) is 5.75 Å². The summed E-state index contributed by atoms with van der Waals surface area (Å²) in [6.45, 7) is 4.06. The maximum Gasteiger partial charge on any atom is 0.310 e. The Morgan fingerprint density at radius 3 is 2.50 bits per heavy atom. The predicted molar refractivity (Wildman–Crippen MR) is 59.3 cm³/mol. The number of nitro groups is 1. The minimum atomic E-state index is -0.584. The molecule has 1 saturated carbocycles.